The Labute approximate surface area is 171 Å². The Hall–Kier alpha value is -1.63. The van der Waals surface area contributed by atoms with E-state index in [0.29, 0.717) is 0 Å². The SMILES string of the molecule is O=P(O)(O)O.[O]=[W](=[O])[O-].c1ccc([S+](c2ccccc2)c2ccccc2)cc1. The standard InChI is InChI=1S/C18H15S.H3O4P.3O.W/c1-4-10-16(11-5-1)19(17-12-6-2-7-13-17)18-14-8-3-9-15-18;1-5(2,3)4;;;;/h1-15H;(H3,1,2,3,4);;;;/q+1;;;;-1;. The van der Waals surface area contributed by atoms with Gasteiger partial charge in [-0.1, -0.05) is 54.6 Å². The van der Waals surface area contributed by atoms with E-state index in [1.165, 1.54) is 14.7 Å². The minimum atomic E-state index is -4.64. The van der Waals surface area contributed by atoms with Crippen molar-refractivity contribution in [3.8, 4) is 0 Å². The summed E-state index contributed by atoms with van der Waals surface area (Å²) in [5.41, 5.74) is 0. The molecule has 28 heavy (non-hydrogen) atoms. The zero-order valence-corrected chi connectivity index (χ0v) is 19.0. The summed E-state index contributed by atoms with van der Waals surface area (Å²) in [5.74, 6) is 0. The van der Waals surface area contributed by atoms with Crippen LogP contribution in [0.3, 0.4) is 0 Å². The first kappa shape index (κ1) is 24.4. The van der Waals surface area contributed by atoms with Crippen molar-refractivity contribution >= 4 is 18.7 Å². The zero-order valence-electron chi connectivity index (χ0n) is 14.4. The Morgan fingerprint density at radius 1 is 0.643 bits per heavy atom. The van der Waals surface area contributed by atoms with E-state index in [-0.39, 0.29) is 10.9 Å². The maximum absolute atomic E-state index is 8.88. The van der Waals surface area contributed by atoms with Gasteiger partial charge in [-0.05, 0) is 36.4 Å². The Kier molecular flexibility index (Phi) is 11.1. The van der Waals surface area contributed by atoms with Crippen molar-refractivity contribution in [2.75, 3.05) is 0 Å². The Balaban J connectivity index is 0.000000369. The second-order valence-corrected chi connectivity index (χ2v) is 9.48. The van der Waals surface area contributed by atoms with Gasteiger partial charge in [0.05, 0.1) is 10.9 Å². The molecule has 0 atom stereocenters. The third-order valence-electron chi connectivity index (χ3n) is 2.94. The third kappa shape index (κ3) is 11.3. The molecule has 0 aromatic heterocycles. The maximum Gasteiger partial charge on any atom is 0.166 e. The van der Waals surface area contributed by atoms with Gasteiger partial charge in [-0.15, -0.1) is 0 Å². The van der Waals surface area contributed by atoms with E-state index in [2.05, 4.69) is 91.0 Å². The van der Waals surface area contributed by atoms with Gasteiger partial charge in [0.15, 0.2) is 14.7 Å². The molecule has 0 unspecified atom stereocenters. The van der Waals surface area contributed by atoms with E-state index in [0.717, 1.165) is 0 Å². The number of phosphoric acid groups is 1. The Morgan fingerprint density at radius 2 is 0.821 bits per heavy atom. The second kappa shape index (κ2) is 12.8. The molecular formula is C18H18O7PSW. The zero-order chi connectivity index (χ0) is 21.0. The van der Waals surface area contributed by atoms with Crippen LogP contribution in [0.25, 0.3) is 0 Å². The van der Waals surface area contributed by atoms with Gasteiger partial charge in [-0.3, -0.25) is 0 Å². The molecule has 149 valence electrons. The second-order valence-electron chi connectivity index (χ2n) is 4.96. The molecule has 0 saturated heterocycles. The molecule has 7 nitrogen and oxygen atoms in total. The van der Waals surface area contributed by atoms with Crippen molar-refractivity contribution in [2.24, 2.45) is 0 Å². The molecule has 0 aliphatic carbocycles. The fraction of sp³-hybridized carbons (Fsp3) is 0. The first-order valence-corrected chi connectivity index (χ1v) is 14.0. The van der Waals surface area contributed by atoms with Gasteiger partial charge in [0.25, 0.3) is 0 Å². The molecule has 3 aromatic rings. The van der Waals surface area contributed by atoms with Gasteiger partial charge in [-0.25, -0.2) is 4.57 Å². The number of hydrogen-bond acceptors (Lipinski definition) is 4. The van der Waals surface area contributed by atoms with E-state index in [1.54, 1.807) is 0 Å². The van der Waals surface area contributed by atoms with Crippen molar-refractivity contribution in [3.05, 3.63) is 91.0 Å². The Bertz CT molecular complexity index is 822. The molecule has 0 heterocycles. The van der Waals surface area contributed by atoms with Gasteiger partial charge < -0.3 is 14.7 Å². The van der Waals surface area contributed by atoms with Crippen LogP contribution in [0.15, 0.2) is 106 Å². The molecular weight excluding hydrogens is 575 g/mol. The van der Waals surface area contributed by atoms with Crippen LogP contribution in [0.5, 0.6) is 0 Å². The molecule has 3 N–H and O–H groups in total. The number of hydrogen-bond donors (Lipinski definition) is 3. The number of rotatable bonds is 3. The van der Waals surface area contributed by atoms with Gasteiger partial charge in [-0.2, -0.15) is 0 Å². The first-order valence-electron chi connectivity index (χ1n) is 7.63. The molecule has 0 bridgehead atoms. The molecule has 0 saturated carbocycles. The smallest absolute Gasteiger partial charge is 0.0619 e. The normalized spacial score (nSPS) is 10.2. The van der Waals surface area contributed by atoms with Crippen LogP contribution in [-0.2, 0) is 39.9 Å². The van der Waals surface area contributed by atoms with Crippen molar-refractivity contribution in [2.45, 2.75) is 14.7 Å². The molecule has 0 amide bonds. The monoisotopic (exact) mass is 593 g/mol. The average molecular weight is 593 g/mol. The van der Waals surface area contributed by atoms with E-state index >= 15 is 0 Å². The summed E-state index contributed by atoms with van der Waals surface area (Å²) in [6.45, 7) is 0. The van der Waals surface area contributed by atoms with Gasteiger partial charge in [0, 0.05) is 0 Å². The maximum atomic E-state index is 8.88. The van der Waals surface area contributed by atoms with E-state index in [1.807, 2.05) is 0 Å². The molecule has 0 aliphatic rings. The molecule has 0 fully saturated rings. The van der Waals surface area contributed by atoms with E-state index in [4.69, 9.17) is 29.8 Å². The molecule has 0 radical (unpaired) electrons. The van der Waals surface area contributed by atoms with Crippen molar-refractivity contribution in [3.63, 3.8) is 0 Å². The van der Waals surface area contributed by atoms with Crippen LogP contribution in [0, 0.1) is 0 Å². The van der Waals surface area contributed by atoms with Crippen LogP contribution in [-0.4, -0.2) is 14.7 Å². The summed E-state index contributed by atoms with van der Waals surface area (Å²) in [6.07, 6.45) is 0. The summed E-state index contributed by atoms with van der Waals surface area (Å²) in [5, 5.41) is 0. The fourth-order valence-electron chi connectivity index (χ4n) is 2.08. The van der Waals surface area contributed by atoms with Crippen molar-refractivity contribution in [1.82, 2.24) is 0 Å². The van der Waals surface area contributed by atoms with Gasteiger partial charge >= 0.3 is 36.0 Å². The largest absolute Gasteiger partial charge is 0.166 e. The van der Waals surface area contributed by atoms with Crippen LogP contribution >= 0.6 is 7.82 Å². The topological polar surface area (TPSA) is 135 Å². The molecule has 0 aliphatic heterocycles. The quantitative estimate of drug-likeness (QED) is 0.314. The van der Waals surface area contributed by atoms with E-state index < -0.39 is 25.4 Å². The molecule has 10 heteroatoms. The fourth-order valence-corrected chi connectivity index (χ4v) is 4.18. The Morgan fingerprint density at radius 3 is 1.00 bits per heavy atom. The summed E-state index contributed by atoms with van der Waals surface area (Å²) >= 11 is -4.28. The van der Waals surface area contributed by atoms with Crippen LogP contribution in [0.1, 0.15) is 0 Å². The minimum Gasteiger partial charge on any atom is -0.0619 e. The summed E-state index contributed by atoms with van der Waals surface area (Å²) in [4.78, 5) is 25.6. The van der Waals surface area contributed by atoms with Crippen molar-refractivity contribution in [1.29, 1.82) is 0 Å². The van der Waals surface area contributed by atoms with Crippen LogP contribution in [0.4, 0.5) is 0 Å². The average Bonchev–Trinajstić information content (AvgIpc) is 2.63. The summed E-state index contributed by atoms with van der Waals surface area (Å²) in [6, 6.07) is 32.2. The summed E-state index contributed by atoms with van der Waals surface area (Å²) in [7, 11) is -4.65. The molecule has 0 spiro atoms. The number of benzene rings is 3. The van der Waals surface area contributed by atoms with Gasteiger partial charge in [0.2, 0.25) is 0 Å². The van der Waals surface area contributed by atoms with Crippen LogP contribution in [0.2, 0.25) is 0 Å². The molecule has 3 aromatic carbocycles. The first-order chi connectivity index (χ1) is 13.2. The van der Waals surface area contributed by atoms with Gasteiger partial charge in [0.1, 0.15) is 0 Å². The summed E-state index contributed by atoms with van der Waals surface area (Å²) < 4.78 is 34.7. The van der Waals surface area contributed by atoms with E-state index in [9.17, 15) is 0 Å². The predicted molar refractivity (Wildman–Crippen MR) is 97.1 cm³/mol. The minimum absolute atomic E-state index is 0.0146. The molecule has 3 rings (SSSR count). The third-order valence-corrected chi connectivity index (χ3v) is 5.17. The van der Waals surface area contributed by atoms with Crippen molar-refractivity contribution < 1.29 is 47.4 Å². The van der Waals surface area contributed by atoms with Crippen LogP contribution < -0.4 is 3.76 Å². The predicted octanol–water partition coefficient (Wildman–Crippen LogP) is 2.42.